The zero-order chi connectivity index (χ0) is 19.1. The van der Waals surface area contributed by atoms with Crippen LogP contribution in [-0.2, 0) is 11.3 Å². The maximum atomic E-state index is 13.0. The summed E-state index contributed by atoms with van der Waals surface area (Å²) in [7, 11) is 1.74. The van der Waals surface area contributed by atoms with Crippen molar-refractivity contribution in [3.63, 3.8) is 0 Å². The number of nitrogens with zero attached hydrogens (tertiary/aromatic N) is 2. The highest BCUT2D eigenvalue weighted by atomic mass is 127. The molecule has 1 atom stereocenters. The molecule has 1 aliphatic rings. The predicted molar refractivity (Wildman–Crippen MR) is 119 cm³/mol. The number of morpholine rings is 1. The Labute approximate surface area is 182 Å². The van der Waals surface area contributed by atoms with Crippen LogP contribution in [-0.4, -0.2) is 50.8 Å². The molecule has 1 fully saturated rings. The Bertz CT molecular complexity index is 745. The lowest BCUT2D eigenvalue weighted by molar-refractivity contribution is 0.0124. The van der Waals surface area contributed by atoms with Crippen molar-refractivity contribution in [2.24, 2.45) is 4.99 Å². The molecule has 0 bridgehead atoms. The van der Waals surface area contributed by atoms with Crippen LogP contribution in [0.15, 0.2) is 45.8 Å². The fourth-order valence-corrected chi connectivity index (χ4v) is 3.13. The highest BCUT2D eigenvalue weighted by Crippen LogP contribution is 2.23. The van der Waals surface area contributed by atoms with Crippen molar-refractivity contribution in [2.75, 3.05) is 39.9 Å². The molecule has 28 heavy (non-hydrogen) atoms. The number of guanidine groups is 1. The van der Waals surface area contributed by atoms with E-state index >= 15 is 0 Å². The molecule has 6 nitrogen and oxygen atoms in total. The van der Waals surface area contributed by atoms with E-state index in [9.17, 15) is 4.39 Å². The lowest BCUT2D eigenvalue weighted by Crippen LogP contribution is -2.46. The maximum Gasteiger partial charge on any atom is 0.191 e. The number of halogens is 2. The number of rotatable bonds is 6. The second-order valence-electron chi connectivity index (χ2n) is 6.55. The van der Waals surface area contributed by atoms with Gasteiger partial charge in [0.05, 0.1) is 19.3 Å². The van der Waals surface area contributed by atoms with Crippen molar-refractivity contribution in [1.82, 2.24) is 15.5 Å². The first kappa shape index (κ1) is 22.6. The van der Waals surface area contributed by atoms with Gasteiger partial charge in [0.1, 0.15) is 17.3 Å². The average molecular weight is 502 g/mol. The smallest absolute Gasteiger partial charge is 0.191 e. The molecule has 1 unspecified atom stereocenters. The molecule has 0 aliphatic carbocycles. The number of hydrogen-bond donors (Lipinski definition) is 2. The Kier molecular flexibility index (Phi) is 9.20. The fourth-order valence-electron chi connectivity index (χ4n) is 3.13. The van der Waals surface area contributed by atoms with Gasteiger partial charge in [-0.3, -0.25) is 9.89 Å². The van der Waals surface area contributed by atoms with Crippen molar-refractivity contribution in [1.29, 1.82) is 0 Å². The van der Waals surface area contributed by atoms with E-state index in [1.807, 2.05) is 19.1 Å². The van der Waals surface area contributed by atoms with Gasteiger partial charge in [-0.15, -0.1) is 24.0 Å². The van der Waals surface area contributed by atoms with Crippen LogP contribution >= 0.6 is 24.0 Å². The lowest BCUT2D eigenvalue weighted by atomic mass is 10.1. The molecular weight excluding hydrogens is 474 g/mol. The molecule has 2 N–H and O–H groups in total. The van der Waals surface area contributed by atoms with E-state index < -0.39 is 0 Å². The van der Waals surface area contributed by atoms with E-state index in [-0.39, 0.29) is 35.8 Å². The molecule has 3 rings (SSSR count). The minimum absolute atomic E-state index is 0. The molecule has 1 saturated heterocycles. The first-order chi connectivity index (χ1) is 13.2. The molecule has 154 valence electrons. The molecule has 1 aromatic heterocycles. The van der Waals surface area contributed by atoms with E-state index in [1.165, 1.54) is 12.1 Å². The van der Waals surface area contributed by atoms with Crippen LogP contribution in [0.1, 0.15) is 23.1 Å². The Morgan fingerprint density at radius 3 is 2.46 bits per heavy atom. The van der Waals surface area contributed by atoms with Gasteiger partial charge in [-0.2, -0.15) is 0 Å². The summed E-state index contributed by atoms with van der Waals surface area (Å²) in [6.45, 7) is 6.39. The zero-order valence-corrected chi connectivity index (χ0v) is 18.6. The van der Waals surface area contributed by atoms with E-state index in [2.05, 4.69) is 20.5 Å². The molecule has 0 saturated carbocycles. The van der Waals surface area contributed by atoms with Crippen molar-refractivity contribution in [3.8, 4) is 0 Å². The third-order valence-electron chi connectivity index (χ3n) is 4.64. The van der Waals surface area contributed by atoms with Crippen LogP contribution in [0.4, 0.5) is 4.39 Å². The van der Waals surface area contributed by atoms with E-state index in [1.54, 1.807) is 19.2 Å². The zero-order valence-electron chi connectivity index (χ0n) is 16.3. The SMILES string of the molecule is CN=C(NCc1ccc(F)cc1)NCC(c1ccc(C)o1)N1CCOCC1.I. The Balaban J connectivity index is 0.00000280. The van der Waals surface area contributed by atoms with Crippen LogP contribution in [0.5, 0.6) is 0 Å². The molecule has 0 amide bonds. The van der Waals surface area contributed by atoms with Crippen LogP contribution in [0.3, 0.4) is 0 Å². The molecule has 1 aromatic carbocycles. The van der Waals surface area contributed by atoms with Crippen molar-refractivity contribution < 1.29 is 13.5 Å². The van der Waals surface area contributed by atoms with Crippen LogP contribution < -0.4 is 10.6 Å². The number of nitrogens with one attached hydrogen (secondary N) is 2. The summed E-state index contributed by atoms with van der Waals surface area (Å²) in [5.74, 6) is 2.31. The summed E-state index contributed by atoms with van der Waals surface area (Å²) >= 11 is 0. The third kappa shape index (κ3) is 6.46. The lowest BCUT2D eigenvalue weighted by Gasteiger charge is -2.33. The first-order valence-electron chi connectivity index (χ1n) is 9.23. The predicted octanol–water partition coefficient (Wildman–Crippen LogP) is 3.08. The van der Waals surface area contributed by atoms with E-state index in [0.717, 1.165) is 43.4 Å². The van der Waals surface area contributed by atoms with Crippen LogP contribution in [0, 0.1) is 12.7 Å². The van der Waals surface area contributed by atoms with Gasteiger partial charge in [-0.1, -0.05) is 12.1 Å². The highest BCUT2D eigenvalue weighted by molar-refractivity contribution is 14.0. The number of benzene rings is 1. The molecule has 1 aliphatic heterocycles. The Morgan fingerprint density at radius 2 is 1.86 bits per heavy atom. The molecular formula is C20H28FIN4O2. The van der Waals surface area contributed by atoms with Crippen LogP contribution in [0.25, 0.3) is 0 Å². The van der Waals surface area contributed by atoms with E-state index in [0.29, 0.717) is 19.0 Å². The molecule has 2 aromatic rings. The first-order valence-corrected chi connectivity index (χ1v) is 9.23. The Morgan fingerprint density at radius 1 is 1.14 bits per heavy atom. The molecule has 2 heterocycles. The topological polar surface area (TPSA) is 62.0 Å². The molecule has 8 heteroatoms. The van der Waals surface area contributed by atoms with E-state index in [4.69, 9.17) is 9.15 Å². The van der Waals surface area contributed by atoms with Gasteiger partial charge in [-0.05, 0) is 36.8 Å². The summed E-state index contributed by atoms with van der Waals surface area (Å²) in [6.07, 6.45) is 0. The summed E-state index contributed by atoms with van der Waals surface area (Å²) in [5.41, 5.74) is 0.991. The molecule has 0 spiro atoms. The standard InChI is InChI=1S/C20H27FN4O2.HI/c1-15-3-8-19(27-15)18(25-9-11-26-12-10-25)14-24-20(22-2)23-13-16-4-6-17(21)7-5-16;/h3-8,18H,9-14H2,1-2H3,(H2,22,23,24);1H. The van der Waals surface area contributed by atoms with Gasteiger partial charge in [0.25, 0.3) is 0 Å². The second-order valence-corrected chi connectivity index (χ2v) is 6.55. The summed E-state index contributed by atoms with van der Waals surface area (Å²) in [5, 5.41) is 6.64. The van der Waals surface area contributed by atoms with Crippen molar-refractivity contribution in [3.05, 3.63) is 59.3 Å². The molecule has 0 radical (unpaired) electrons. The minimum atomic E-state index is -0.233. The minimum Gasteiger partial charge on any atom is -0.465 e. The maximum absolute atomic E-state index is 13.0. The summed E-state index contributed by atoms with van der Waals surface area (Å²) in [4.78, 5) is 6.65. The number of hydrogen-bond acceptors (Lipinski definition) is 4. The summed E-state index contributed by atoms with van der Waals surface area (Å²) in [6, 6.07) is 10.6. The average Bonchev–Trinajstić information content (AvgIpc) is 3.12. The van der Waals surface area contributed by atoms with Gasteiger partial charge in [-0.25, -0.2) is 4.39 Å². The van der Waals surface area contributed by atoms with Crippen molar-refractivity contribution in [2.45, 2.75) is 19.5 Å². The number of ether oxygens (including phenoxy) is 1. The third-order valence-corrected chi connectivity index (χ3v) is 4.64. The van der Waals surface area contributed by atoms with Gasteiger partial charge in [0.15, 0.2) is 5.96 Å². The van der Waals surface area contributed by atoms with Gasteiger partial charge in [0, 0.05) is 33.2 Å². The number of aliphatic imine (C=N–C) groups is 1. The monoisotopic (exact) mass is 502 g/mol. The van der Waals surface area contributed by atoms with Gasteiger partial charge < -0.3 is 19.8 Å². The van der Waals surface area contributed by atoms with Crippen LogP contribution in [0.2, 0.25) is 0 Å². The largest absolute Gasteiger partial charge is 0.465 e. The number of furan rings is 1. The van der Waals surface area contributed by atoms with Gasteiger partial charge in [0.2, 0.25) is 0 Å². The Hall–Kier alpha value is -1.65. The fraction of sp³-hybridized carbons (Fsp3) is 0.450. The van der Waals surface area contributed by atoms with Crippen molar-refractivity contribution >= 4 is 29.9 Å². The number of aryl methyl sites for hydroxylation is 1. The normalized spacial score (nSPS) is 16.3. The quantitative estimate of drug-likeness (QED) is 0.361. The van der Waals surface area contributed by atoms with Gasteiger partial charge >= 0.3 is 0 Å². The second kappa shape index (κ2) is 11.4. The summed E-state index contributed by atoms with van der Waals surface area (Å²) < 4.78 is 24.4. The highest BCUT2D eigenvalue weighted by Gasteiger charge is 2.25.